The van der Waals surface area contributed by atoms with Gasteiger partial charge in [-0.05, 0) is 18.9 Å². The van der Waals surface area contributed by atoms with E-state index in [1.807, 2.05) is 0 Å². The fourth-order valence-corrected chi connectivity index (χ4v) is 1.15. The van der Waals surface area contributed by atoms with Gasteiger partial charge in [0.25, 0.3) is 0 Å². The van der Waals surface area contributed by atoms with Gasteiger partial charge in [-0.2, -0.15) is 0 Å². The van der Waals surface area contributed by atoms with Crippen molar-refractivity contribution in [2.75, 3.05) is 26.3 Å². The van der Waals surface area contributed by atoms with E-state index in [-0.39, 0.29) is 13.2 Å². The van der Waals surface area contributed by atoms with E-state index in [1.165, 1.54) is 0 Å². The summed E-state index contributed by atoms with van der Waals surface area (Å²) in [6, 6.07) is 0. The molecule has 0 aliphatic carbocycles. The van der Waals surface area contributed by atoms with Crippen LogP contribution in [0.1, 0.15) is 19.8 Å². The average molecular weight is 191 g/mol. The molecule has 0 saturated carbocycles. The Kier molecular flexibility index (Phi) is 8.33. The molecule has 4 nitrogen and oxygen atoms in total. The second-order valence-corrected chi connectivity index (χ2v) is 3.28. The Morgan fingerprint density at radius 2 is 1.92 bits per heavy atom. The molecule has 4 N–H and O–H groups in total. The normalized spacial score (nSPS) is 15.7. The third-order valence-electron chi connectivity index (χ3n) is 2.14. The molecule has 0 radical (unpaired) electrons. The van der Waals surface area contributed by atoms with Gasteiger partial charge >= 0.3 is 0 Å². The fourth-order valence-electron chi connectivity index (χ4n) is 1.15. The highest BCUT2D eigenvalue weighted by Gasteiger charge is 2.06. The van der Waals surface area contributed by atoms with Crippen LogP contribution in [0.4, 0.5) is 0 Å². The van der Waals surface area contributed by atoms with Crippen LogP contribution in [0, 0.1) is 5.92 Å². The minimum absolute atomic E-state index is 0.205. The summed E-state index contributed by atoms with van der Waals surface area (Å²) in [5.41, 5.74) is 0. The molecule has 0 rings (SSSR count). The number of nitrogens with one attached hydrogen (secondary N) is 1. The maximum absolute atomic E-state index is 9.01. The van der Waals surface area contributed by atoms with E-state index < -0.39 is 6.10 Å². The monoisotopic (exact) mass is 191 g/mol. The van der Waals surface area contributed by atoms with Gasteiger partial charge in [-0.3, -0.25) is 0 Å². The lowest BCUT2D eigenvalue weighted by molar-refractivity contribution is 0.0931. The van der Waals surface area contributed by atoms with Crippen LogP contribution in [0.3, 0.4) is 0 Å². The summed E-state index contributed by atoms with van der Waals surface area (Å²) in [7, 11) is 0. The molecule has 2 atom stereocenters. The minimum Gasteiger partial charge on any atom is -0.396 e. The molecule has 0 aromatic heterocycles. The van der Waals surface area contributed by atoms with Crippen molar-refractivity contribution in [3.8, 4) is 0 Å². The topological polar surface area (TPSA) is 72.7 Å². The first-order chi connectivity index (χ1) is 6.24. The predicted molar refractivity (Wildman–Crippen MR) is 51.4 cm³/mol. The van der Waals surface area contributed by atoms with Crippen LogP contribution in [0.25, 0.3) is 0 Å². The molecule has 0 aromatic rings. The molecule has 0 aliphatic heterocycles. The number of rotatable bonds is 8. The largest absolute Gasteiger partial charge is 0.396 e. The second-order valence-electron chi connectivity index (χ2n) is 3.28. The SMILES string of the molecule is CCC(CCO)CNC[C@H](O)CO. The van der Waals surface area contributed by atoms with Crippen molar-refractivity contribution < 1.29 is 15.3 Å². The van der Waals surface area contributed by atoms with Gasteiger partial charge in [-0.1, -0.05) is 13.3 Å². The van der Waals surface area contributed by atoms with E-state index in [0.717, 1.165) is 19.4 Å². The van der Waals surface area contributed by atoms with Crippen LogP contribution in [0.15, 0.2) is 0 Å². The Bertz CT molecular complexity index is 111. The minimum atomic E-state index is -0.674. The third kappa shape index (κ3) is 6.95. The average Bonchev–Trinajstić information content (AvgIpc) is 2.16. The standard InChI is InChI=1S/C9H21NO3/c1-2-8(3-4-11)5-10-6-9(13)7-12/h8-13H,2-7H2,1H3/t8?,9-/m0/s1. The zero-order chi connectivity index (χ0) is 10.1. The van der Waals surface area contributed by atoms with Gasteiger partial charge in [0.15, 0.2) is 0 Å². The molecule has 1 unspecified atom stereocenters. The van der Waals surface area contributed by atoms with E-state index in [1.54, 1.807) is 0 Å². The Morgan fingerprint density at radius 1 is 1.23 bits per heavy atom. The molecule has 80 valence electrons. The van der Waals surface area contributed by atoms with Crippen LogP contribution in [-0.2, 0) is 0 Å². The van der Waals surface area contributed by atoms with Crippen molar-refractivity contribution in [2.45, 2.75) is 25.9 Å². The lowest BCUT2D eigenvalue weighted by atomic mass is 10.0. The fraction of sp³-hybridized carbons (Fsp3) is 1.00. The number of aliphatic hydroxyl groups excluding tert-OH is 3. The number of aliphatic hydroxyl groups is 3. The molecule has 0 aromatic carbocycles. The van der Waals surface area contributed by atoms with E-state index in [0.29, 0.717) is 12.5 Å². The predicted octanol–water partition coefficient (Wildman–Crippen LogP) is -0.662. The molecule has 0 spiro atoms. The first kappa shape index (κ1) is 12.8. The summed E-state index contributed by atoms with van der Waals surface area (Å²) in [5.74, 6) is 0.455. The van der Waals surface area contributed by atoms with E-state index in [4.69, 9.17) is 15.3 Å². The smallest absolute Gasteiger partial charge is 0.0894 e. The molecular formula is C9H21NO3. The Labute approximate surface area is 79.6 Å². The first-order valence-electron chi connectivity index (χ1n) is 4.85. The van der Waals surface area contributed by atoms with Crippen LogP contribution in [-0.4, -0.2) is 47.7 Å². The van der Waals surface area contributed by atoms with Crippen molar-refractivity contribution in [1.29, 1.82) is 0 Å². The van der Waals surface area contributed by atoms with Gasteiger partial charge < -0.3 is 20.6 Å². The summed E-state index contributed by atoms with van der Waals surface area (Å²) in [6.45, 7) is 3.28. The summed E-state index contributed by atoms with van der Waals surface area (Å²) in [4.78, 5) is 0. The van der Waals surface area contributed by atoms with E-state index in [2.05, 4.69) is 12.2 Å². The maximum Gasteiger partial charge on any atom is 0.0894 e. The molecule has 13 heavy (non-hydrogen) atoms. The zero-order valence-corrected chi connectivity index (χ0v) is 8.24. The molecule has 0 saturated heterocycles. The van der Waals surface area contributed by atoms with Crippen molar-refractivity contribution in [3.05, 3.63) is 0 Å². The molecule has 0 bridgehead atoms. The highest BCUT2D eigenvalue weighted by atomic mass is 16.3. The first-order valence-corrected chi connectivity index (χ1v) is 4.85. The van der Waals surface area contributed by atoms with Gasteiger partial charge in [0.1, 0.15) is 0 Å². The van der Waals surface area contributed by atoms with Gasteiger partial charge in [0.05, 0.1) is 12.7 Å². The molecule has 0 heterocycles. The van der Waals surface area contributed by atoms with Gasteiger partial charge in [0.2, 0.25) is 0 Å². The molecule has 0 amide bonds. The zero-order valence-electron chi connectivity index (χ0n) is 8.24. The maximum atomic E-state index is 9.01. The van der Waals surface area contributed by atoms with Gasteiger partial charge in [0, 0.05) is 13.2 Å². The summed E-state index contributed by atoms with van der Waals surface area (Å²) in [6.07, 6.45) is 1.13. The van der Waals surface area contributed by atoms with Crippen molar-refractivity contribution in [2.24, 2.45) is 5.92 Å². The highest BCUT2D eigenvalue weighted by Crippen LogP contribution is 2.05. The van der Waals surface area contributed by atoms with Crippen molar-refractivity contribution in [1.82, 2.24) is 5.32 Å². The summed E-state index contributed by atoms with van der Waals surface area (Å²) >= 11 is 0. The number of hydrogen-bond acceptors (Lipinski definition) is 4. The van der Waals surface area contributed by atoms with Crippen LogP contribution < -0.4 is 5.32 Å². The second kappa shape index (κ2) is 8.44. The lowest BCUT2D eigenvalue weighted by Crippen LogP contribution is -2.32. The van der Waals surface area contributed by atoms with Crippen LogP contribution in [0.2, 0.25) is 0 Å². The van der Waals surface area contributed by atoms with Crippen LogP contribution in [0.5, 0.6) is 0 Å². The third-order valence-corrected chi connectivity index (χ3v) is 2.14. The molecular weight excluding hydrogens is 170 g/mol. The Hall–Kier alpha value is -0.160. The summed E-state index contributed by atoms with van der Waals surface area (Å²) < 4.78 is 0. The lowest BCUT2D eigenvalue weighted by Gasteiger charge is -2.15. The molecule has 4 heteroatoms. The summed E-state index contributed by atoms with van der Waals surface area (Å²) in [5, 5.41) is 29.3. The van der Waals surface area contributed by atoms with Crippen molar-refractivity contribution in [3.63, 3.8) is 0 Å². The Morgan fingerprint density at radius 3 is 2.38 bits per heavy atom. The quantitative estimate of drug-likeness (QED) is 0.411. The van der Waals surface area contributed by atoms with Crippen LogP contribution >= 0.6 is 0 Å². The number of hydrogen-bond donors (Lipinski definition) is 4. The van der Waals surface area contributed by atoms with E-state index >= 15 is 0 Å². The van der Waals surface area contributed by atoms with Gasteiger partial charge in [-0.25, -0.2) is 0 Å². The van der Waals surface area contributed by atoms with Crippen molar-refractivity contribution >= 4 is 0 Å². The van der Waals surface area contributed by atoms with E-state index in [9.17, 15) is 0 Å². The molecule has 0 aliphatic rings. The van der Waals surface area contributed by atoms with Gasteiger partial charge in [-0.15, -0.1) is 0 Å². The highest BCUT2D eigenvalue weighted by molar-refractivity contribution is 4.63. The molecule has 0 fully saturated rings. The Balaban J connectivity index is 3.37.